The highest BCUT2D eigenvalue weighted by atomic mass is 16.2. The van der Waals surface area contributed by atoms with E-state index in [0.29, 0.717) is 13.1 Å². The van der Waals surface area contributed by atoms with Crippen molar-refractivity contribution in [2.24, 2.45) is 5.92 Å². The van der Waals surface area contributed by atoms with Gasteiger partial charge < -0.3 is 15.1 Å². The third-order valence-electron chi connectivity index (χ3n) is 4.85. The lowest BCUT2D eigenvalue weighted by atomic mass is 9.96. The molecule has 0 radical (unpaired) electrons. The second-order valence-corrected chi connectivity index (χ2v) is 6.49. The minimum absolute atomic E-state index is 0.0811. The molecule has 2 rings (SSSR count). The number of carbonyl (C=O) groups is 2. The van der Waals surface area contributed by atoms with E-state index in [1.165, 1.54) is 0 Å². The van der Waals surface area contributed by atoms with Crippen LogP contribution in [0.15, 0.2) is 18.2 Å². The first-order chi connectivity index (χ1) is 11.5. The number of hydrogen-bond donors (Lipinski definition) is 1. The maximum absolute atomic E-state index is 12.6. The number of hydrogen-bond acceptors (Lipinski definition) is 2. The Bertz CT molecular complexity index is 576. The monoisotopic (exact) mass is 331 g/mol. The van der Waals surface area contributed by atoms with E-state index in [1.807, 2.05) is 50.8 Å². The summed E-state index contributed by atoms with van der Waals surface area (Å²) in [5.41, 5.74) is 2.98. The van der Waals surface area contributed by atoms with Crippen molar-refractivity contribution in [3.8, 4) is 0 Å². The Labute approximate surface area is 145 Å². The maximum Gasteiger partial charge on any atom is 0.321 e. The second kappa shape index (κ2) is 8.18. The van der Waals surface area contributed by atoms with Gasteiger partial charge in [-0.3, -0.25) is 4.79 Å². The molecule has 1 aliphatic rings. The van der Waals surface area contributed by atoms with Crippen LogP contribution in [0.3, 0.4) is 0 Å². The van der Waals surface area contributed by atoms with Gasteiger partial charge in [0.05, 0.1) is 5.92 Å². The summed E-state index contributed by atoms with van der Waals surface area (Å²) in [4.78, 5) is 28.8. The molecule has 1 fully saturated rings. The predicted octanol–water partition coefficient (Wildman–Crippen LogP) is 3.42. The standard InChI is InChI=1S/C19H29N3O2/c1-5-21(6-2)18(23)16-11-8-12-22(13-16)19(24)20-17-14(3)9-7-10-15(17)4/h7,9-10,16H,5-6,8,11-13H2,1-4H3,(H,20,24). The molecule has 5 heteroatoms. The molecule has 1 aromatic rings. The van der Waals surface area contributed by atoms with Crippen molar-refractivity contribution >= 4 is 17.6 Å². The third kappa shape index (κ3) is 4.08. The van der Waals surface area contributed by atoms with Crippen LogP contribution in [0.4, 0.5) is 10.5 Å². The summed E-state index contributed by atoms with van der Waals surface area (Å²) in [6.45, 7) is 10.6. The Morgan fingerprint density at radius 1 is 1.21 bits per heavy atom. The number of nitrogens with one attached hydrogen (secondary N) is 1. The zero-order valence-electron chi connectivity index (χ0n) is 15.3. The normalized spacial score (nSPS) is 17.5. The number of benzene rings is 1. The molecule has 1 aliphatic heterocycles. The van der Waals surface area contributed by atoms with Crippen molar-refractivity contribution in [1.82, 2.24) is 9.80 Å². The number of anilines is 1. The molecule has 1 unspecified atom stereocenters. The molecule has 24 heavy (non-hydrogen) atoms. The highest BCUT2D eigenvalue weighted by Crippen LogP contribution is 2.23. The summed E-state index contributed by atoms with van der Waals surface area (Å²) in [6, 6.07) is 5.86. The fourth-order valence-corrected chi connectivity index (χ4v) is 3.35. The predicted molar refractivity (Wildman–Crippen MR) is 97.2 cm³/mol. The van der Waals surface area contributed by atoms with E-state index in [-0.39, 0.29) is 17.9 Å². The van der Waals surface area contributed by atoms with E-state index in [9.17, 15) is 9.59 Å². The SMILES string of the molecule is CCN(CC)C(=O)C1CCCN(C(=O)Nc2c(C)cccc2C)C1. The number of rotatable bonds is 4. The van der Waals surface area contributed by atoms with Crippen LogP contribution in [0.1, 0.15) is 37.8 Å². The number of aryl methyl sites for hydroxylation is 2. The number of para-hydroxylation sites is 1. The molecule has 0 aromatic heterocycles. The van der Waals surface area contributed by atoms with Crippen LogP contribution >= 0.6 is 0 Å². The van der Waals surface area contributed by atoms with Gasteiger partial charge in [0, 0.05) is 31.9 Å². The Kier molecular flexibility index (Phi) is 6.23. The molecule has 1 N–H and O–H groups in total. The summed E-state index contributed by atoms with van der Waals surface area (Å²) >= 11 is 0. The summed E-state index contributed by atoms with van der Waals surface area (Å²) < 4.78 is 0. The Hall–Kier alpha value is -2.04. The minimum atomic E-state index is -0.107. The highest BCUT2D eigenvalue weighted by Gasteiger charge is 2.30. The quantitative estimate of drug-likeness (QED) is 0.919. The van der Waals surface area contributed by atoms with Crippen LogP contribution in [0.25, 0.3) is 0 Å². The molecule has 0 saturated carbocycles. The number of carbonyl (C=O) groups excluding carboxylic acids is 2. The van der Waals surface area contributed by atoms with Crippen molar-refractivity contribution in [1.29, 1.82) is 0 Å². The largest absolute Gasteiger partial charge is 0.343 e. The van der Waals surface area contributed by atoms with Crippen LogP contribution in [-0.4, -0.2) is 47.9 Å². The molecule has 132 valence electrons. The van der Waals surface area contributed by atoms with E-state index in [1.54, 1.807) is 4.90 Å². The minimum Gasteiger partial charge on any atom is -0.343 e. The number of amides is 3. The van der Waals surface area contributed by atoms with E-state index in [2.05, 4.69) is 5.32 Å². The fraction of sp³-hybridized carbons (Fsp3) is 0.579. The van der Waals surface area contributed by atoms with Crippen LogP contribution in [0.2, 0.25) is 0 Å². The number of piperidine rings is 1. The van der Waals surface area contributed by atoms with E-state index < -0.39 is 0 Å². The highest BCUT2D eigenvalue weighted by molar-refractivity contribution is 5.91. The van der Waals surface area contributed by atoms with Gasteiger partial charge in [0.25, 0.3) is 0 Å². The van der Waals surface area contributed by atoms with Gasteiger partial charge in [0.2, 0.25) is 5.91 Å². The van der Waals surface area contributed by atoms with E-state index in [0.717, 1.165) is 42.7 Å². The number of urea groups is 1. The number of likely N-dealkylation sites (tertiary alicyclic amines) is 1. The van der Waals surface area contributed by atoms with Crippen LogP contribution in [0, 0.1) is 19.8 Å². The van der Waals surface area contributed by atoms with Gasteiger partial charge in [-0.05, 0) is 51.7 Å². The zero-order valence-corrected chi connectivity index (χ0v) is 15.3. The Morgan fingerprint density at radius 3 is 2.42 bits per heavy atom. The first kappa shape index (κ1) is 18.3. The lowest BCUT2D eigenvalue weighted by molar-refractivity contribution is -0.136. The molecule has 1 atom stereocenters. The molecule has 5 nitrogen and oxygen atoms in total. The molecular weight excluding hydrogens is 302 g/mol. The van der Waals surface area contributed by atoms with Gasteiger partial charge in [-0.1, -0.05) is 18.2 Å². The summed E-state index contributed by atoms with van der Waals surface area (Å²) in [5.74, 6) is 0.0898. The Balaban J connectivity index is 2.04. The first-order valence-electron chi connectivity index (χ1n) is 8.88. The second-order valence-electron chi connectivity index (χ2n) is 6.49. The van der Waals surface area contributed by atoms with Crippen molar-refractivity contribution in [2.75, 3.05) is 31.5 Å². The van der Waals surface area contributed by atoms with Gasteiger partial charge in [0.1, 0.15) is 0 Å². The lowest BCUT2D eigenvalue weighted by Crippen LogP contribution is -2.48. The maximum atomic E-state index is 12.6. The molecule has 1 heterocycles. The van der Waals surface area contributed by atoms with Crippen LogP contribution in [-0.2, 0) is 4.79 Å². The fourth-order valence-electron chi connectivity index (χ4n) is 3.35. The van der Waals surface area contributed by atoms with Crippen LogP contribution in [0.5, 0.6) is 0 Å². The molecule has 0 spiro atoms. The molecule has 1 aromatic carbocycles. The van der Waals surface area contributed by atoms with E-state index in [4.69, 9.17) is 0 Å². The zero-order chi connectivity index (χ0) is 17.7. The smallest absolute Gasteiger partial charge is 0.321 e. The molecule has 0 aliphatic carbocycles. The summed E-state index contributed by atoms with van der Waals surface area (Å²) in [5, 5.41) is 3.03. The van der Waals surface area contributed by atoms with Gasteiger partial charge in [0.15, 0.2) is 0 Å². The average molecular weight is 331 g/mol. The van der Waals surface area contributed by atoms with E-state index >= 15 is 0 Å². The first-order valence-corrected chi connectivity index (χ1v) is 8.88. The van der Waals surface area contributed by atoms with Gasteiger partial charge in [-0.15, -0.1) is 0 Å². The molecular formula is C19H29N3O2. The van der Waals surface area contributed by atoms with Crippen molar-refractivity contribution < 1.29 is 9.59 Å². The Morgan fingerprint density at radius 2 is 1.83 bits per heavy atom. The van der Waals surface area contributed by atoms with Gasteiger partial charge in [-0.25, -0.2) is 4.79 Å². The van der Waals surface area contributed by atoms with Crippen LogP contribution < -0.4 is 5.32 Å². The van der Waals surface area contributed by atoms with Crippen molar-refractivity contribution in [3.63, 3.8) is 0 Å². The van der Waals surface area contributed by atoms with Gasteiger partial charge >= 0.3 is 6.03 Å². The molecule has 1 saturated heterocycles. The third-order valence-corrected chi connectivity index (χ3v) is 4.85. The van der Waals surface area contributed by atoms with Crippen molar-refractivity contribution in [3.05, 3.63) is 29.3 Å². The van der Waals surface area contributed by atoms with Gasteiger partial charge in [-0.2, -0.15) is 0 Å². The van der Waals surface area contributed by atoms with Crippen molar-refractivity contribution in [2.45, 2.75) is 40.5 Å². The molecule has 0 bridgehead atoms. The average Bonchev–Trinajstić information content (AvgIpc) is 2.59. The summed E-state index contributed by atoms with van der Waals surface area (Å²) in [6.07, 6.45) is 1.74. The number of nitrogens with zero attached hydrogens (tertiary/aromatic N) is 2. The summed E-state index contributed by atoms with van der Waals surface area (Å²) in [7, 11) is 0. The topological polar surface area (TPSA) is 52.7 Å². The molecule has 3 amide bonds. The lowest BCUT2D eigenvalue weighted by Gasteiger charge is -2.34.